The summed E-state index contributed by atoms with van der Waals surface area (Å²) in [4.78, 5) is 5.64. The van der Waals surface area contributed by atoms with Crippen molar-refractivity contribution in [2.75, 3.05) is 13.1 Å². The maximum Gasteiger partial charge on any atom is 0.449 e. The Bertz CT molecular complexity index is 326. The smallest absolute Gasteiger partial charge is 0.338 e. The molecule has 84 valence electrons. The molecule has 1 unspecified atom stereocenters. The zero-order valence-electron chi connectivity index (χ0n) is 8.06. The summed E-state index contributed by atoms with van der Waals surface area (Å²) >= 11 is 0. The first-order chi connectivity index (χ1) is 7.05. The number of H-pyrrole nitrogens is 1. The Morgan fingerprint density at radius 2 is 2.27 bits per heavy atom. The quantitative estimate of drug-likeness (QED) is 0.792. The van der Waals surface area contributed by atoms with E-state index in [-0.39, 0.29) is 0 Å². The molecule has 0 aliphatic carbocycles. The van der Waals surface area contributed by atoms with E-state index < -0.39 is 12.0 Å². The second-order valence-electron chi connectivity index (χ2n) is 3.82. The standard InChI is InChI=1S/C9H12F3N3/c10-9(11,12)8-14-5-7(15-8)3-6-1-2-13-4-6/h5-6,13H,1-4H2,(H,14,15). The summed E-state index contributed by atoms with van der Waals surface area (Å²) in [5, 5.41) is 3.17. The Morgan fingerprint density at radius 1 is 1.47 bits per heavy atom. The highest BCUT2D eigenvalue weighted by Gasteiger charge is 2.34. The Hall–Kier alpha value is -1.04. The Balaban J connectivity index is 2.00. The Kier molecular flexibility index (Phi) is 2.68. The zero-order chi connectivity index (χ0) is 10.9. The van der Waals surface area contributed by atoms with Gasteiger partial charge in [-0.15, -0.1) is 0 Å². The SMILES string of the molecule is FC(F)(F)c1ncc(CC2CCNC2)[nH]1. The number of alkyl halides is 3. The minimum absolute atomic E-state index is 0.423. The molecule has 15 heavy (non-hydrogen) atoms. The lowest BCUT2D eigenvalue weighted by molar-refractivity contribution is -0.144. The van der Waals surface area contributed by atoms with Crippen LogP contribution in [-0.4, -0.2) is 23.1 Å². The van der Waals surface area contributed by atoms with Crippen molar-refractivity contribution in [3.8, 4) is 0 Å². The fourth-order valence-corrected chi connectivity index (χ4v) is 1.81. The van der Waals surface area contributed by atoms with Gasteiger partial charge in [-0.05, 0) is 31.8 Å². The predicted octanol–water partition coefficient (Wildman–Crippen LogP) is 1.58. The summed E-state index contributed by atoms with van der Waals surface area (Å²) in [6.07, 6.45) is -1.44. The van der Waals surface area contributed by atoms with Gasteiger partial charge >= 0.3 is 6.18 Å². The van der Waals surface area contributed by atoms with E-state index >= 15 is 0 Å². The average Bonchev–Trinajstić information content (AvgIpc) is 2.73. The maximum atomic E-state index is 12.2. The molecule has 1 aliphatic heterocycles. The fourth-order valence-electron chi connectivity index (χ4n) is 1.81. The molecule has 1 aromatic rings. The van der Waals surface area contributed by atoms with Crippen LogP contribution in [0.25, 0.3) is 0 Å². The summed E-state index contributed by atoms with van der Waals surface area (Å²) in [6, 6.07) is 0. The number of nitrogens with zero attached hydrogens (tertiary/aromatic N) is 1. The lowest BCUT2D eigenvalue weighted by atomic mass is 10.0. The second kappa shape index (κ2) is 3.84. The van der Waals surface area contributed by atoms with Crippen LogP contribution >= 0.6 is 0 Å². The first-order valence-corrected chi connectivity index (χ1v) is 4.87. The normalized spacial score (nSPS) is 22.2. The summed E-state index contributed by atoms with van der Waals surface area (Å²) in [7, 11) is 0. The van der Waals surface area contributed by atoms with Crippen molar-refractivity contribution in [1.29, 1.82) is 0 Å². The summed E-state index contributed by atoms with van der Waals surface area (Å²) in [5.41, 5.74) is 0.566. The van der Waals surface area contributed by atoms with Crippen LogP contribution in [0.1, 0.15) is 17.9 Å². The molecule has 0 amide bonds. The zero-order valence-corrected chi connectivity index (χ0v) is 8.06. The van der Waals surface area contributed by atoms with Crippen molar-refractivity contribution in [1.82, 2.24) is 15.3 Å². The van der Waals surface area contributed by atoms with Crippen molar-refractivity contribution < 1.29 is 13.2 Å². The molecule has 6 heteroatoms. The fraction of sp³-hybridized carbons (Fsp3) is 0.667. The lowest BCUT2D eigenvalue weighted by Crippen LogP contribution is -2.11. The molecule has 0 aromatic carbocycles. The highest BCUT2D eigenvalue weighted by molar-refractivity contribution is 5.05. The number of rotatable bonds is 2. The van der Waals surface area contributed by atoms with Crippen LogP contribution in [0.4, 0.5) is 13.2 Å². The average molecular weight is 219 g/mol. The van der Waals surface area contributed by atoms with Gasteiger partial charge in [0.2, 0.25) is 5.82 Å². The van der Waals surface area contributed by atoms with E-state index in [1.54, 1.807) is 0 Å². The van der Waals surface area contributed by atoms with Gasteiger partial charge in [-0.3, -0.25) is 0 Å². The molecular formula is C9H12F3N3. The van der Waals surface area contributed by atoms with Crippen LogP contribution in [0, 0.1) is 5.92 Å². The van der Waals surface area contributed by atoms with E-state index in [9.17, 15) is 13.2 Å². The van der Waals surface area contributed by atoms with Crippen LogP contribution in [0.3, 0.4) is 0 Å². The van der Waals surface area contributed by atoms with E-state index in [1.165, 1.54) is 6.20 Å². The minimum Gasteiger partial charge on any atom is -0.338 e. The topological polar surface area (TPSA) is 40.7 Å². The number of halogens is 3. The highest BCUT2D eigenvalue weighted by atomic mass is 19.4. The number of imidazole rings is 1. The van der Waals surface area contributed by atoms with E-state index in [0.29, 0.717) is 18.0 Å². The summed E-state index contributed by atoms with van der Waals surface area (Å²) < 4.78 is 36.6. The van der Waals surface area contributed by atoms with Crippen molar-refractivity contribution in [2.24, 2.45) is 5.92 Å². The van der Waals surface area contributed by atoms with Crippen LogP contribution in [0.5, 0.6) is 0 Å². The molecule has 2 N–H and O–H groups in total. The third-order valence-electron chi connectivity index (χ3n) is 2.57. The highest BCUT2D eigenvalue weighted by Crippen LogP contribution is 2.26. The van der Waals surface area contributed by atoms with E-state index in [2.05, 4.69) is 15.3 Å². The van der Waals surface area contributed by atoms with Gasteiger partial charge in [-0.2, -0.15) is 13.2 Å². The molecule has 1 aromatic heterocycles. The van der Waals surface area contributed by atoms with Gasteiger partial charge in [0.25, 0.3) is 0 Å². The number of hydrogen-bond acceptors (Lipinski definition) is 2. The molecule has 2 rings (SSSR count). The largest absolute Gasteiger partial charge is 0.449 e. The Morgan fingerprint density at radius 3 is 2.80 bits per heavy atom. The number of nitrogens with one attached hydrogen (secondary N) is 2. The molecule has 1 fully saturated rings. The third-order valence-corrected chi connectivity index (χ3v) is 2.57. The summed E-state index contributed by atoms with van der Waals surface area (Å²) in [6.45, 7) is 1.82. The minimum atomic E-state index is -4.37. The van der Waals surface area contributed by atoms with Crippen molar-refractivity contribution in [3.05, 3.63) is 17.7 Å². The monoisotopic (exact) mass is 219 g/mol. The molecule has 3 nitrogen and oxygen atoms in total. The van der Waals surface area contributed by atoms with Crippen LogP contribution in [0.2, 0.25) is 0 Å². The van der Waals surface area contributed by atoms with Crippen molar-refractivity contribution >= 4 is 0 Å². The number of aromatic nitrogens is 2. The van der Waals surface area contributed by atoms with Gasteiger partial charge in [0.1, 0.15) is 0 Å². The maximum absolute atomic E-state index is 12.2. The Labute approximate surface area is 85.1 Å². The van der Waals surface area contributed by atoms with Gasteiger partial charge in [0, 0.05) is 11.9 Å². The van der Waals surface area contributed by atoms with Gasteiger partial charge in [-0.25, -0.2) is 4.98 Å². The van der Waals surface area contributed by atoms with Crippen LogP contribution in [0.15, 0.2) is 6.20 Å². The molecule has 2 heterocycles. The van der Waals surface area contributed by atoms with E-state index in [0.717, 1.165) is 19.5 Å². The molecule has 0 spiro atoms. The first kappa shape index (κ1) is 10.5. The lowest BCUT2D eigenvalue weighted by Gasteiger charge is -2.05. The summed E-state index contributed by atoms with van der Waals surface area (Å²) in [5.74, 6) is -0.477. The first-order valence-electron chi connectivity index (χ1n) is 4.87. The molecule has 0 bridgehead atoms. The molecular weight excluding hydrogens is 207 g/mol. The molecule has 1 saturated heterocycles. The molecule has 1 aliphatic rings. The molecule has 0 saturated carbocycles. The van der Waals surface area contributed by atoms with Crippen molar-refractivity contribution in [2.45, 2.75) is 19.0 Å². The van der Waals surface area contributed by atoms with Gasteiger partial charge in [0.05, 0.1) is 0 Å². The number of aromatic amines is 1. The third kappa shape index (κ3) is 2.50. The van der Waals surface area contributed by atoms with E-state index in [4.69, 9.17) is 0 Å². The van der Waals surface area contributed by atoms with E-state index in [1.807, 2.05) is 0 Å². The molecule has 0 radical (unpaired) electrons. The van der Waals surface area contributed by atoms with Gasteiger partial charge < -0.3 is 10.3 Å². The van der Waals surface area contributed by atoms with Crippen molar-refractivity contribution in [3.63, 3.8) is 0 Å². The predicted molar refractivity (Wildman–Crippen MR) is 48.3 cm³/mol. The number of hydrogen-bond donors (Lipinski definition) is 2. The van der Waals surface area contributed by atoms with Crippen LogP contribution < -0.4 is 5.32 Å². The van der Waals surface area contributed by atoms with Gasteiger partial charge in [-0.1, -0.05) is 0 Å². The van der Waals surface area contributed by atoms with Gasteiger partial charge in [0.15, 0.2) is 0 Å². The molecule has 1 atom stereocenters. The second-order valence-corrected chi connectivity index (χ2v) is 3.82. The van der Waals surface area contributed by atoms with Crippen LogP contribution in [-0.2, 0) is 12.6 Å².